The zero-order valence-electron chi connectivity index (χ0n) is 9.08. The van der Waals surface area contributed by atoms with E-state index >= 15 is 0 Å². The van der Waals surface area contributed by atoms with E-state index in [0.717, 1.165) is 5.39 Å². The van der Waals surface area contributed by atoms with Crippen molar-refractivity contribution in [3.63, 3.8) is 0 Å². The lowest BCUT2D eigenvalue weighted by atomic mass is 10.0. The van der Waals surface area contributed by atoms with E-state index in [9.17, 15) is 4.79 Å². The first-order valence-electron chi connectivity index (χ1n) is 4.94. The number of carbonyl (C=O) groups is 1. The van der Waals surface area contributed by atoms with Crippen LogP contribution in [0.3, 0.4) is 0 Å². The van der Waals surface area contributed by atoms with Crippen molar-refractivity contribution >= 4 is 17.1 Å². The zero-order chi connectivity index (χ0) is 13.0. The highest BCUT2D eigenvalue weighted by molar-refractivity contribution is 6.01. The summed E-state index contributed by atoms with van der Waals surface area (Å²) in [6.07, 6.45) is 3.68. The highest BCUT2D eigenvalue weighted by Gasteiger charge is 2.09. The molecular weight excluding hydrogens is 232 g/mol. The van der Waals surface area contributed by atoms with Gasteiger partial charge in [0.05, 0.1) is 5.56 Å². The van der Waals surface area contributed by atoms with Crippen molar-refractivity contribution in [2.45, 2.75) is 0 Å². The van der Waals surface area contributed by atoms with E-state index in [0.29, 0.717) is 17.4 Å². The fourth-order valence-corrected chi connectivity index (χ4v) is 1.68. The summed E-state index contributed by atoms with van der Waals surface area (Å²) in [6.45, 7) is 0. The summed E-state index contributed by atoms with van der Waals surface area (Å²) in [7, 11) is 0. The maximum Gasteiger partial charge on any atom is 0.292 e. The van der Waals surface area contributed by atoms with Crippen LogP contribution in [0.2, 0.25) is 0 Å². The van der Waals surface area contributed by atoms with E-state index < -0.39 is 0 Å². The molecule has 5 heteroatoms. The highest BCUT2D eigenvalue weighted by atomic mass is 16.5. The molecule has 0 atom stereocenters. The Morgan fingerprint density at radius 2 is 1.78 bits per heavy atom. The monoisotopic (exact) mass is 238 g/mol. The number of nitriles is 2. The van der Waals surface area contributed by atoms with Crippen LogP contribution in [-0.4, -0.2) is 6.29 Å². The molecule has 0 spiro atoms. The van der Waals surface area contributed by atoms with Crippen LogP contribution in [0.1, 0.15) is 10.4 Å². The lowest BCUT2D eigenvalue weighted by molar-refractivity contribution is 0.112. The van der Waals surface area contributed by atoms with E-state index in [4.69, 9.17) is 20.0 Å². The summed E-state index contributed by atoms with van der Waals surface area (Å²) in [5, 5.41) is 18.3. The average Bonchev–Trinajstić information content (AvgIpc) is 2.39. The lowest BCUT2D eigenvalue weighted by Crippen LogP contribution is -1.92. The van der Waals surface area contributed by atoms with Gasteiger partial charge in [0.2, 0.25) is 0 Å². The van der Waals surface area contributed by atoms with Crippen LogP contribution < -0.4 is 9.47 Å². The molecule has 0 aliphatic rings. The van der Waals surface area contributed by atoms with Gasteiger partial charge in [-0.25, -0.2) is 0 Å². The van der Waals surface area contributed by atoms with Gasteiger partial charge in [0.1, 0.15) is 5.75 Å². The Morgan fingerprint density at radius 1 is 1.06 bits per heavy atom. The number of benzene rings is 2. The van der Waals surface area contributed by atoms with Gasteiger partial charge in [0.15, 0.2) is 12.0 Å². The van der Waals surface area contributed by atoms with Gasteiger partial charge in [-0.05, 0) is 29.0 Å². The van der Waals surface area contributed by atoms with Crippen molar-refractivity contribution in [3.05, 3.63) is 35.9 Å². The average molecular weight is 238 g/mol. The Bertz CT molecular complexity index is 690. The second-order valence-corrected chi connectivity index (χ2v) is 3.36. The minimum absolute atomic E-state index is 0.175. The second-order valence-electron chi connectivity index (χ2n) is 3.36. The van der Waals surface area contributed by atoms with Gasteiger partial charge in [-0.3, -0.25) is 4.79 Å². The van der Waals surface area contributed by atoms with Crippen LogP contribution in [0.4, 0.5) is 0 Å². The third-order valence-corrected chi connectivity index (χ3v) is 2.43. The molecule has 0 bridgehead atoms. The number of ether oxygens (including phenoxy) is 2. The Balaban J connectivity index is 2.70. The largest absolute Gasteiger partial charge is 0.388 e. The number of nitrogens with zero attached hydrogens (tertiary/aromatic N) is 2. The Morgan fingerprint density at radius 3 is 2.44 bits per heavy atom. The standard InChI is InChI=1S/C13H6N2O3/c14-7-17-10-3-1-9-2-4-13(18-8-15)12(6-16)11(9)5-10/h1-6H. The van der Waals surface area contributed by atoms with Crippen LogP contribution in [0.25, 0.3) is 10.8 Å². The molecule has 2 rings (SSSR count). The number of hydrogen-bond acceptors (Lipinski definition) is 5. The Hall–Kier alpha value is -3.05. The van der Waals surface area contributed by atoms with E-state index in [1.807, 2.05) is 0 Å². The fraction of sp³-hybridized carbons (Fsp3) is 0. The molecule has 0 aliphatic heterocycles. The van der Waals surface area contributed by atoms with E-state index in [1.165, 1.54) is 6.26 Å². The zero-order valence-corrected chi connectivity index (χ0v) is 9.08. The molecule has 0 saturated carbocycles. The molecule has 0 N–H and O–H groups in total. The van der Waals surface area contributed by atoms with Crippen LogP contribution in [0.15, 0.2) is 30.3 Å². The van der Waals surface area contributed by atoms with Crippen molar-refractivity contribution in [2.75, 3.05) is 0 Å². The third-order valence-electron chi connectivity index (χ3n) is 2.43. The number of carbonyl (C=O) groups excluding carboxylic acids is 1. The van der Waals surface area contributed by atoms with Gasteiger partial charge in [0.25, 0.3) is 12.5 Å². The van der Waals surface area contributed by atoms with Gasteiger partial charge in [-0.1, -0.05) is 12.1 Å². The van der Waals surface area contributed by atoms with Crippen molar-refractivity contribution in [1.82, 2.24) is 0 Å². The maximum atomic E-state index is 11.1. The molecular formula is C13H6N2O3. The summed E-state index contributed by atoms with van der Waals surface area (Å²) in [5.41, 5.74) is 0.248. The smallest absolute Gasteiger partial charge is 0.292 e. The van der Waals surface area contributed by atoms with Crippen LogP contribution >= 0.6 is 0 Å². The Kier molecular flexibility index (Phi) is 3.08. The number of aldehydes is 1. The predicted octanol–water partition coefficient (Wildman–Crippen LogP) is 2.37. The summed E-state index contributed by atoms with van der Waals surface area (Å²) in [5.74, 6) is 0.497. The molecule has 0 radical (unpaired) electrons. The highest BCUT2D eigenvalue weighted by Crippen LogP contribution is 2.29. The molecule has 0 aromatic heterocycles. The van der Waals surface area contributed by atoms with Gasteiger partial charge in [-0.2, -0.15) is 0 Å². The molecule has 0 unspecified atom stereocenters. The maximum absolute atomic E-state index is 11.1. The van der Waals surface area contributed by atoms with Gasteiger partial charge in [-0.15, -0.1) is 10.5 Å². The fourth-order valence-electron chi connectivity index (χ4n) is 1.68. The molecule has 86 valence electrons. The molecule has 2 aromatic carbocycles. The topological polar surface area (TPSA) is 83.1 Å². The van der Waals surface area contributed by atoms with Crippen molar-refractivity contribution in [2.24, 2.45) is 0 Å². The van der Waals surface area contributed by atoms with Gasteiger partial charge >= 0.3 is 0 Å². The summed E-state index contributed by atoms with van der Waals surface area (Å²) in [4.78, 5) is 11.1. The molecule has 0 amide bonds. The summed E-state index contributed by atoms with van der Waals surface area (Å²) >= 11 is 0. The second kappa shape index (κ2) is 4.86. The van der Waals surface area contributed by atoms with E-state index in [-0.39, 0.29) is 11.3 Å². The van der Waals surface area contributed by atoms with Crippen molar-refractivity contribution in [1.29, 1.82) is 10.5 Å². The molecule has 0 fully saturated rings. The van der Waals surface area contributed by atoms with E-state index in [1.54, 1.807) is 36.6 Å². The number of hydrogen-bond donors (Lipinski definition) is 0. The van der Waals surface area contributed by atoms with E-state index in [2.05, 4.69) is 0 Å². The minimum atomic E-state index is 0.175. The molecule has 0 saturated heterocycles. The van der Waals surface area contributed by atoms with Crippen molar-refractivity contribution < 1.29 is 14.3 Å². The number of fused-ring (bicyclic) bond motifs is 1. The molecule has 18 heavy (non-hydrogen) atoms. The van der Waals surface area contributed by atoms with Gasteiger partial charge in [0, 0.05) is 0 Å². The van der Waals surface area contributed by atoms with Crippen LogP contribution in [-0.2, 0) is 0 Å². The predicted molar refractivity (Wildman–Crippen MR) is 61.8 cm³/mol. The number of rotatable bonds is 3. The van der Waals surface area contributed by atoms with Crippen LogP contribution in [0.5, 0.6) is 11.5 Å². The quantitative estimate of drug-likeness (QED) is 0.605. The lowest BCUT2D eigenvalue weighted by Gasteiger charge is -2.06. The summed E-state index contributed by atoms with van der Waals surface area (Å²) in [6, 6.07) is 8.13. The molecule has 2 aromatic rings. The SMILES string of the molecule is N#COc1ccc2ccc(OC#N)c(C=O)c2c1. The van der Waals surface area contributed by atoms with Gasteiger partial charge < -0.3 is 9.47 Å². The normalized spacial score (nSPS) is 9.22. The van der Waals surface area contributed by atoms with Crippen molar-refractivity contribution in [3.8, 4) is 24.0 Å². The Labute approximate surface area is 102 Å². The first kappa shape index (κ1) is 11.4. The summed E-state index contributed by atoms with van der Waals surface area (Å²) < 4.78 is 9.40. The molecule has 5 nitrogen and oxygen atoms in total. The molecule has 0 heterocycles. The van der Waals surface area contributed by atoms with Crippen LogP contribution in [0, 0.1) is 23.0 Å². The first-order chi connectivity index (χ1) is 8.80. The molecule has 0 aliphatic carbocycles. The first-order valence-corrected chi connectivity index (χ1v) is 4.94. The minimum Gasteiger partial charge on any atom is -0.388 e. The third kappa shape index (κ3) is 1.93.